The Morgan fingerprint density at radius 1 is 1.07 bits per heavy atom. The molecule has 3 aromatic heterocycles. The molecule has 7 heteroatoms. The molecule has 28 heavy (non-hydrogen) atoms. The molecule has 0 aliphatic heterocycles. The van der Waals surface area contributed by atoms with Crippen molar-refractivity contribution >= 4 is 22.3 Å². The van der Waals surface area contributed by atoms with E-state index in [9.17, 15) is 14.1 Å². The summed E-state index contributed by atoms with van der Waals surface area (Å²) in [6, 6.07) is 18.5. The predicted molar refractivity (Wildman–Crippen MR) is 107 cm³/mol. The van der Waals surface area contributed by atoms with Gasteiger partial charge in [0.2, 0.25) is 0 Å². The molecule has 3 heterocycles. The van der Waals surface area contributed by atoms with Crippen molar-refractivity contribution in [1.82, 2.24) is 14.6 Å². The number of nitrogens with zero attached hydrogens (tertiary/aromatic N) is 3. The Morgan fingerprint density at radius 2 is 1.86 bits per heavy atom. The quantitative estimate of drug-likeness (QED) is 0.563. The number of carboxylic acid groups (broad SMARTS) is 1. The summed E-state index contributed by atoms with van der Waals surface area (Å²) < 4.78 is 13.6. The predicted octanol–water partition coefficient (Wildman–Crippen LogP) is 3.42. The number of pyridine rings is 2. The van der Waals surface area contributed by atoms with Crippen LogP contribution in [0.25, 0.3) is 16.8 Å². The lowest BCUT2D eigenvalue weighted by Crippen LogP contribution is -2.03. The van der Waals surface area contributed by atoms with Crippen LogP contribution in [-0.2, 0) is 17.2 Å². The summed E-state index contributed by atoms with van der Waals surface area (Å²) in [6.45, 7) is 0. The summed E-state index contributed by atoms with van der Waals surface area (Å²) in [7, 11) is -1.11. The van der Waals surface area contributed by atoms with Crippen molar-refractivity contribution in [2.75, 3.05) is 6.26 Å². The van der Waals surface area contributed by atoms with Gasteiger partial charge in [-0.1, -0.05) is 36.4 Å². The first-order chi connectivity index (χ1) is 13.5. The largest absolute Gasteiger partial charge is 0.477 e. The summed E-state index contributed by atoms with van der Waals surface area (Å²) in [5, 5.41) is 13.9. The van der Waals surface area contributed by atoms with Crippen molar-refractivity contribution in [3.63, 3.8) is 0 Å². The molecule has 0 amide bonds. The molecule has 140 valence electrons. The summed E-state index contributed by atoms with van der Waals surface area (Å²) in [5.41, 5.74) is 4.22. The van der Waals surface area contributed by atoms with E-state index < -0.39 is 16.8 Å². The van der Waals surface area contributed by atoms with Crippen LogP contribution in [0.15, 0.2) is 71.8 Å². The molecule has 0 saturated heterocycles. The minimum absolute atomic E-state index is 0.0129. The first kappa shape index (κ1) is 18.1. The highest BCUT2D eigenvalue weighted by Crippen LogP contribution is 2.28. The molecule has 1 N–H and O–H groups in total. The van der Waals surface area contributed by atoms with E-state index in [0.29, 0.717) is 17.0 Å². The number of hydrogen-bond donors (Lipinski definition) is 1. The van der Waals surface area contributed by atoms with Crippen molar-refractivity contribution in [2.24, 2.45) is 0 Å². The minimum Gasteiger partial charge on any atom is -0.477 e. The monoisotopic (exact) mass is 391 g/mol. The Labute approximate surface area is 163 Å². The summed E-state index contributed by atoms with van der Waals surface area (Å²) in [6.07, 6.45) is 3.83. The van der Waals surface area contributed by atoms with E-state index in [-0.39, 0.29) is 5.69 Å². The zero-order chi connectivity index (χ0) is 19.7. The van der Waals surface area contributed by atoms with E-state index in [4.69, 9.17) is 5.10 Å². The van der Waals surface area contributed by atoms with Gasteiger partial charge in [-0.25, -0.2) is 14.3 Å². The fraction of sp³-hybridized carbons (Fsp3) is 0.0952. The molecule has 1 aromatic carbocycles. The molecular weight excluding hydrogens is 374 g/mol. The fourth-order valence-corrected chi connectivity index (χ4v) is 3.64. The van der Waals surface area contributed by atoms with Gasteiger partial charge in [0.25, 0.3) is 0 Å². The summed E-state index contributed by atoms with van der Waals surface area (Å²) >= 11 is 0. The average Bonchev–Trinajstić information content (AvgIpc) is 3.06. The van der Waals surface area contributed by atoms with Gasteiger partial charge in [0.1, 0.15) is 5.69 Å². The number of rotatable bonds is 5. The first-order valence-corrected chi connectivity index (χ1v) is 10.2. The Bertz CT molecular complexity index is 1200. The lowest BCUT2D eigenvalue weighted by atomic mass is 10.0. The molecule has 0 bridgehead atoms. The number of aromatic nitrogens is 3. The van der Waals surface area contributed by atoms with Crippen molar-refractivity contribution in [1.29, 1.82) is 0 Å². The second-order valence-electron chi connectivity index (χ2n) is 6.34. The van der Waals surface area contributed by atoms with Crippen LogP contribution in [0.5, 0.6) is 0 Å². The number of fused-ring (bicyclic) bond motifs is 1. The van der Waals surface area contributed by atoms with Gasteiger partial charge in [-0.2, -0.15) is 5.10 Å². The second kappa shape index (κ2) is 7.36. The third-order valence-corrected chi connectivity index (χ3v) is 5.37. The lowest BCUT2D eigenvalue weighted by molar-refractivity contribution is 0.0690. The zero-order valence-electron chi connectivity index (χ0n) is 15.1. The molecular formula is C21H17N3O3S. The summed E-state index contributed by atoms with van der Waals surface area (Å²) in [5.74, 6) is -1.06. The number of aromatic carboxylic acids is 1. The Kier molecular flexibility index (Phi) is 4.75. The molecule has 4 rings (SSSR count). The highest BCUT2D eigenvalue weighted by Gasteiger charge is 2.17. The van der Waals surface area contributed by atoms with Crippen molar-refractivity contribution in [3.05, 3.63) is 83.8 Å². The molecule has 0 aliphatic carbocycles. The summed E-state index contributed by atoms with van der Waals surface area (Å²) in [4.78, 5) is 16.2. The first-order valence-electron chi connectivity index (χ1n) is 8.62. The number of benzene rings is 1. The van der Waals surface area contributed by atoms with E-state index in [1.165, 1.54) is 6.07 Å². The maximum absolute atomic E-state index is 11.8. The van der Waals surface area contributed by atoms with Crippen LogP contribution in [-0.4, -0.2) is 36.1 Å². The SMILES string of the molecule is CS(=O)c1ccc2c(Cc3cccc(C(=O)O)n3)c(-c3ccccc3)nn2c1. The second-order valence-corrected chi connectivity index (χ2v) is 7.72. The van der Waals surface area contributed by atoms with E-state index in [1.54, 1.807) is 29.1 Å². The lowest BCUT2D eigenvalue weighted by Gasteiger charge is -2.05. The molecule has 6 nitrogen and oxygen atoms in total. The topological polar surface area (TPSA) is 84.6 Å². The van der Waals surface area contributed by atoms with Gasteiger partial charge in [-0.05, 0) is 24.3 Å². The Hall–Kier alpha value is -3.32. The van der Waals surface area contributed by atoms with Gasteiger partial charge in [-0.3, -0.25) is 4.21 Å². The number of carboxylic acids is 1. The van der Waals surface area contributed by atoms with Crippen LogP contribution in [0.3, 0.4) is 0 Å². The van der Waals surface area contributed by atoms with Gasteiger partial charge < -0.3 is 5.11 Å². The van der Waals surface area contributed by atoms with E-state index in [0.717, 1.165) is 22.3 Å². The van der Waals surface area contributed by atoms with Crippen LogP contribution in [0.2, 0.25) is 0 Å². The van der Waals surface area contributed by atoms with Crippen molar-refractivity contribution in [3.8, 4) is 11.3 Å². The van der Waals surface area contributed by atoms with Crippen molar-refractivity contribution in [2.45, 2.75) is 11.3 Å². The van der Waals surface area contributed by atoms with Crippen LogP contribution in [0.4, 0.5) is 0 Å². The van der Waals surface area contributed by atoms with Gasteiger partial charge >= 0.3 is 5.97 Å². The van der Waals surface area contributed by atoms with E-state index >= 15 is 0 Å². The zero-order valence-corrected chi connectivity index (χ0v) is 15.9. The Balaban J connectivity index is 1.88. The number of hydrogen-bond acceptors (Lipinski definition) is 4. The Morgan fingerprint density at radius 3 is 2.57 bits per heavy atom. The normalized spacial score (nSPS) is 12.2. The van der Waals surface area contributed by atoms with Crippen molar-refractivity contribution < 1.29 is 14.1 Å². The molecule has 1 unspecified atom stereocenters. The third kappa shape index (κ3) is 3.44. The third-order valence-electron chi connectivity index (χ3n) is 4.47. The van der Waals surface area contributed by atoms with Gasteiger partial charge in [0.05, 0.1) is 26.9 Å². The van der Waals surface area contributed by atoms with Crippen LogP contribution in [0.1, 0.15) is 21.7 Å². The average molecular weight is 391 g/mol. The molecule has 0 aliphatic rings. The van der Waals surface area contributed by atoms with Gasteiger partial charge in [-0.15, -0.1) is 0 Å². The van der Waals surface area contributed by atoms with E-state index in [2.05, 4.69) is 4.98 Å². The molecule has 0 spiro atoms. The van der Waals surface area contributed by atoms with E-state index in [1.807, 2.05) is 42.5 Å². The molecule has 1 atom stereocenters. The fourth-order valence-electron chi connectivity index (χ4n) is 3.13. The molecule has 0 fully saturated rings. The van der Waals surface area contributed by atoms with Gasteiger partial charge in [0, 0.05) is 35.7 Å². The van der Waals surface area contributed by atoms with Gasteiger partial charge in [0.15, 0.2) is 0 Å². The van der Waals surface area contributed by atoms with Crippen LogP contribution >= 0.6 is 0 Å². The minimum atomic E-state index is -1.11. The van der Waals surface area contributed by atoms with Crippen LogP contribution in [0, 0.1) is 0 Å². The standard InChI is InChI=1S/C21H17N3O3S/c1-28(27)16-10-11-19-17(12-15-8-5-9-18(22-15)21(25)26)20(23-24(19)13-16)14-6-3-2-4-7-14/h2-11,13H,12H2,1H3,(H,25,26). The maximum atomic E-state index is 11.8. The highest BCUT2D eigenvalue weighted by atomic mass is 32.2. The van der Waals surface area contributed by atoms with Crippen LogP contribution < -0.4 is 0 Å². The molecule has 0 radical (unpaired) electrons. The number of carbonyl (C=O) groups is 1. The molecule has 4 aromatic rings. The molecule has 0 saturated carbocycles. The highest BCUT2D eigenvalue weighted by molar-refractivity contribution is 7.84. The maximum Gasteiger partial charge on any atom is 0.354 e. The smallest absolute Gasteiger partial charge is 0.354 e.